The smallest absolute Gasteiger partial charge is 0.288 e. The molecule has 1 aromatic heterocycles. The molecule has 1 N–H and O–H groups in total. The zero-order valence-electron chi connectivity index (χ0n) is 19.8. The molecular formula is C25H24ClN3O7S. The minimum absolute atomic E-state index is 0.0873. The third-order valence-electron chi connectivity index (χ3n) is 5.90. The molecule has 2 aromatic carbocycles. The largest absolute Gasteiger partial charge is 0.497 e. The summed E-state index contributed by atoms with van der Waals surface area (Å²) in [6.07, 6.45) is 1.26. The highest BCUT2D eigenvalue weighted by Gasteiger charge is 2.40. The number of furan rings is 1. The molecule has 0 spiro atoms. The summed E-state index contributed by atoms with van der Waals surface area (Å²) in [6, 6.07) is 14.8. The lowest BCUT2D eigenvalue weighted by molar-refractivity contribution is -0.132. The van der Waals surface area contributed by atoms with Crippen LogP contribution in [0.15, 0.2) is 76.2 Å². The number of hydrogen-bond donors (Lipinski definition) is 1. The third-order valence-corrected chi connectivity index (χ3v) is 8.02. The number of amides is 3. The highest BCUT2D eigenvalue weighted by Crippen LogP contribution is 2.21. The lowest BCUT2D eigenvalue weighted by atomic mass is 10.1. The van der Waals surface area contributed by atoms with Gasteiger partial charge in [-0.25, -0.2) is 8.42 Å². The van der Waals surface area contributed by atoms with Gasteiger partial charge in [-0.1, -0.05) is 11.6 Å². The molecular weight excluding hydrogens is 522 g/mol. The van der Waals surface area contributed by atoms with Crippen LogP contribution in [-0.4, -0.2) is 74.6 Å². The number of halogens is 1. The molecule has 1 fully saturated rings. The van der Waals surface area contributed by atoms with Crippen LogP contribution in [0.1, 0.15) is 20.9 Å². The van der Waals surface area contributed by atoms with Crippen molar-refractivity contribution in [1.29, 1.82) is 0 Å². The molecule has 0 unspecified atom stereocenters. The summed E-state index contributed by atoms with van der Waals surface area (Å²) in [7, 11) is -2.82. The number of carbonyl (C=O) groups excluding carboxylic acids is 3. The maximum atomic E-state index is 13.5. The molecule has 3 aromatic rings. The molecule has 1 atom stereocenters. The second-order valence-corrected chi connectivity index (χ2v) is 10.6. The van der Waals surface area contributed by atoms with Crippen molar-refractivity contribution in [2.24, 2.45) is 0 Å². The molecule has 0 bridgehead atoms. The number of carbonyl (C=O) groups is 3. The lowest BCUT2D eigenvalue weighted by Gasteiger charge is -2.36. The summed E-state index contributed by atoms with van der Waals surface area (Å²) < 4.78 is 37.0. The van der Waals surface area contributed by atoms with Crippen molar-refractivity contribution in [2.75, 3.05) is 33.3 Å². The van der Waals surface area contributed by atoms with Crippen molar-refractivity contribution in [3.63, 3.8) is 0 Å². The number of nitrogens with one attached hydrogen (secondary N) is 1. The fourth-order valence-electron chi connectivity index (χ4n) is 3.84. The highest BCUT2D eigenvalue weighted by atomic mass is 35.5. The van der Waals surface area contributed by atoms with Crippen LogP contribution in [0.4, 0.5) is 0 Å². The standard InChI is InChI=1S/C25H24ClN3O7S/c1-35-19-8-4-17(5-9-19)24(31)28-12-14-29(15-13-28)25(32)23(27-22(30)21-3-2-16-36-21)37(33,34)20-10-6-18(26)7-11-20/h2-11,16,23H,12-15H2,1H3,(H,27,30)/t23-/m1/s1. The van der Waals surface area contributed by atoms with Gasteiger partial charge in [-0.15, -0.1) is 0 Å². The van der Waals surface area contributed by atoms with Crippen LogP contribution in [0.2, 0.25) is 5.02 Å². The van der Waals surface area contributed by atoms with Gasteiger partial charge in [0.1, 0.15) is 5.75 Å². The third kappa shape index (κ3) is 5.78. The van der Waals surface area contributed by atoms with E-state index >= 15 is 0 Å². The summed E-state index contributed by atoms with van der Waals surface area (Å²) >= 11 is 5.89. The van der Waals surface area contributed by atoms with Crippen LogP contribution < -0.4 is 10.1 Å². The van der Waals surface area contributed by atoms with Crippen LogP contribution in [0.3, 0.4) is 0 Å². The van der Waals surface area contributed by atoms with Crippen LogP contribution in [0.25, 0.3) is 0 Å². The van der Waals surface area contributed by atoms with Gasteiger partial charge in [0.15, 0.2) is 5.76 Å². The molecule has 10 nitrogen and oxygen atoms in total. The first-order chi connectivity index (χ1) is 17.7. The van der Waals surface area contributed by atoms with Gasteiger partial charge in [-0.2, -0.15) is 0 Å². The molecule has 0 saturated carbocycles. The second-order valence-electron chi connectivity index (χ2n) is 8.18. The van der Waals surface area contributed by atoms with Crippen LogP contribution in [0, 0.1) is 0 Å². The maximum Gasteiger partial charge on any atom is 0.288 e. The molecule has 4 rings (SSSR count). The van der Waals surface area contributed by atoms with E-state index in [1.54, 1.807) is 29.2 Å². The number of piperazine rings is 1. The van der Waals surface area contributed by atoms with E-state index in [-0.39, 0.29) is 42.7 Å². The Morgan fingerprint density at radius 3 is 2.14 bits per heavy atom. The Labute approximate surface area is 218 Å². The Morgan fingerprint density at radius 2 is 1.57 bits per heavy atom. The highest BCUT2D eigenvalue weighted by molar-refractivity contribution is 7.92. The van der Waals surface area contributed by atoms with E-state index in [2.05, 4.69) is 5.32 Å². The summed E-state index contributed by atoms with van der Waals surface area (Å²) in [5.74, 6) is -1.40. The Bertz CT molecular complexity index is 1370. The molecule has 0 radical (unpaired) electrons. The second kappa shape index (κ2) is 11.1. The number of hydrogen-bond acceptors (Lipinski definition) is 7. The van der Waals surface area contributed by atoms with Gasteiger partial charge < -0.3 is 24.3 Å². The van der Waals surface area contributed by atoms with Crippen LogP contribution in [0.5, 0.6) is 5.75 Å². The van der Waals surface area contributed by atoms with E-state index in [1.807, 2.05) is 0 Å². The summed E-state index contributed by atoms with van der Waals surface area (Å²) in [5, 5.41) is 0.715. The summed E-state index contributed by atoms with van der Waals surface area (Å²) in [4.78, 5) is 41.7. The van der Waals surface area contributed by atoms with Crippen molar-refractivity contribution >= 4 is 39.2 Å². The van der Waals surface area contributed by atoms with Gasteiger partial charge >= 0.3 is 0 Å². The zero-order valence-corrected chi connectivity index (χ0v) is 21.4. The molecule has 37 heavy (non-hydrogen) atoms. The fourth-order valence-corrected chi connectivity index (χ4v) is 5.43. The van der Waals surface area contributed by atoms with Gasteiger partial charge in [0.25, 0.3) is 17.7 Å². The average molecular weight is 546 g/mol. The first kappa shape index (κ1) is 26.2. The predicted octanol–water partition coefficient (Wildman–Crippen LogP) is 2.46. The van der Waals surface area contributed by atoms with Gasteiger partial charge in [0.2, 0.25) is 15.2 Å². The van der Waals surface area contributed by atoms with Gasteiger partial charge in [-0.3, -0.25) is 14.4 Å². The van der Waals surface area contributed by atoms with Crippen molar-refractivity contribution in [1.82, 2.24) is 15.1 Å². The van der Waals surface area contributed by atoms with Crippen LogP contribution in [-0.2, 0) is 14.6 Å². The monoisotopic (exact) mass is 545 g/mol. The number of benzene rings is 2. The number of ether oxygens (including phenoxy) is 1. The summed E-state index contributed by atoms with van der Waals surface area (Å²) in [5.41, 5.74) is 0.467. The zero-order chi connectivity index (χ0) is 26.6. The average Bonchev–Trinajstić information content (AvgIpc) is 3.46. The van der Waals surface area contributed by atoms with E-state index in [4.69, 9.17) is 20.8 Å². The van der Waals surface area contributed by atoms with Gasteiger partial charge in [0.05, 0.1) is 18.3 Å². The normalized spacial score (nSPS) is 14.6. The Morgan fingerprint density at radius 1 is 0.946 bits per heavy atom. The minimum Gasteiger partial charge on any atom is -0.497 e. The quantitative estimate of drug-likeness (QED) is 0.483. The van der Waals surface area contributed by atoms with Crippen molar-refractivity contribution in [3.05, 3.63) is 83.3 Å². The summed E-state index contributed by atoms with van der Waals surface area (Å²) in [6.45, 7) is 0.556. The first-order valence-corrected chi connectivity index (χ1v) is 13.2. The molecule has 1 aliphatic rings. The fraction of sp³-hybridized carbons (Fsp3) is 0.240. The number of sulfone groups is 1. The maximum absolute atomic E-state index is 13.5. The topological polar surface area (TPSA) is 126 Å². The molecule has 1 aliphatic heterocycles. The first-order valence-electron chi connectivity index (χ1n) is 11.3. The number of nitrogens with zero attached hydrogens (tertiary/aromatic N) is 2. The Hall–Kier alpha value is -3.83. The Balaban J connectivity index is 1.51. The van der Waals surface area contributed by atoms with E-state index in [0.717, 1.165) is 0 Å². The molecule has 0 aliphatic carbocycles. The van der Waals surface area contributed by atoms with Crippen molar-refractivity contribution in [2.45, 2.75) is 10.3 Å². The molecule has 3 amide bonds. The lowest BCUT2D eigenvalue weighted by Crippen LogP contribution is -2.57. The minimum atomic E-state index is -4.35. The van der Waals surface area contributed by atoms with E-state index in [0.29, 0.717) is 16.3 Å². The van der Waals surface area contributed by atoms with E-state index in [1.165, 1.54) is 54.7 Å². The van der Waals surface area contributed by atoms with Crippen molar-refractivity contribution in [3.8, 4) is 5.75 Å². The molecule has 2 heterocycles. The molecule has 1 saturated heterocycles. The number of rotatable bonds is 7. The van der Waals surface area contributed by atoms with E-state index in [9.17, 15) is 22.8 Å². The van der Waals surface area contributed by atoms with Crippen molar-refractivity contribution < 1.29 is 32.0 Å². The number of methoxy groups -OCH3 is 1. The van der Waals surface area contributed by atoms with Gasteiger partial charge in [0, 0.05) is 36.8 Å². The Kier molecular flexibility index (Phi) is 7.84. The predicted molar refractivity (Wildman–Crippen MR) is 134 cm³/mol. The SMILES string of the molecule is COc1ccc(C(=O)N2CCN(C(=O)[C@H](NC(=O)c3ccco3)S(=O)(=O)c3ccc(Cl)cc3)CC2)cc1. The molecule has 12 heteroatoms. The van der Waals surface area contributed by atoms with E-state index < -0.39 is 27.0 Å². The van der Waals surface area contributed by atoms with Gasteiger partial charge in [-0.05, 0) is 60.7 Å². The van der Waals surface area contributed by atoms with Crippen LogP contribution >= 0.6 is 11.6 Å². The molecule has 194 valence electrons.